The predicted molar refractivity (Wildman–Crippen MR) is 71.4 cm³/mol. The molecule has 1 aromatic carbocycles. The molecule has 0 saturated carbocycles. The second kappa shape index (κ2) is 4.27. The van der Waals surface area contributed by atoms with Gasteiger partial charge in [0.1, 0.15) is 12.2 Å². The summed E-state index contributed by atoms with van der Waals surface area (Å²) in [5.41, 5.74) is 4.77. The van der Waals surface area contributed by atoms with E-state index in [1.807, 2.05) is 19.9 Å². The molecule has 1 aliphatic heterocycles. The van der Waals surface area contributed by atoms with Crippen molar-refractivity contribution in [3.05, 3.63) is 28.8 Å². The van der Waals surface area contributed by atoms with E-state index in [1.54, 1.807) is 6.07 Å². The lowest BCUT2D eigenvalue weighted by atomic mass is 9.93. The summed E-state index contributed by atoms with van der Waals surface area (Å²) in [6.45, 7) is 3.77. The van der Waals surface area contributed by atoms with Crippen molar-refractivity contribution in [2.75, 3.05) is 0 Å². The molecule has 6 heteroatoms. The number of rotatable bonds is 0. The number of benzene rings is 1. The summed E-state index contributed by atoms with van der Waals surface area (Å²) in [6, 6.07) is 3.68. The number of halogens is 3. The minimum absolute atomic E-state index is 0.0552. The van der Waals surface area contributed by atoms with Gasteiger partial charge in [-0.25, -0.2) is 0 Å². The first-order valence-corrected chi connectivity index (χ1v) is 6.53. The third kappa shape index (κ3) is 2.21. The molecule has 0 radical (unpaired) electrons. The molecule has 3 N–H and O–H groups in total. The Kier molecular flexibility index (Phi) is 3.31. The van der Waals surface area contributed by atoms with E-state index in [1.165, 1.54) is 0 Å². The van der Waals surface area contributed by atoms with Crippen molar-refractivity contribution in [2.24, 2.45) is 0 Å². The molecule has 0 amide bonds. The molecule has 1 unspecified atom stereocenters. The second-order valence-corrected chi connectivity index (χ2v) is 6.93. The summed E-state index contributed by atoms with van der Waals surface area (Å²) >= 11 is 17.6. The van der Waals surface area contributed by atoms with E-state index < -0.39 is 9.52 Å². The number of quaternary nitrogens is 1. The molecule has 0 bridgehead atoms. The highest BCUT2D eigenvalue weighted by Crippen LogP contribution is 2.44. The molecule has 0 aromatic heterocycles. The Bertz CT molecular complexity index is 525. The Hall–Kier alpha value is -0.480. The van der Waals surface area contributed by atoms with Gasteiger partial charge in [-0.3, -0.25) is 4.79 Å². The lowest BCUT2D eigenvalue weighted by Gasteiger charge is -2.36. The van der Waals surface area contributed by atoms with Crippen LogP contribution in [0.15, 0.2) is 12.1 Å². The first-order chi connectivity index (χ1) is 8.14. The van der Waals surface area contributed by atoms with E-state index in [-0.39, 0.29) is 12.2 Å². The van der Waals surface area contributed by atoms with Crippen LogP contribution in [0.5, 0.6) is 5.75 Å². The van der Waals surface area contributed by atoms with Gasteiger partial charge in [-0.2, -0.15) is 0 Å². The second-order valence-electron chi connectivity index (χ2n) is 4.65. The van der Waals surface area contributed by atoms with Crippen molar-refractivity contribution in [2.45, 2.75) is 29.8 Å². The maximum atomic E-state index is 12.2. The molecule has 3 nitrogen and oxygen atoms in total. The van der Waals surface area contributed by atoms with Gasteiger partial charge in [-0.15, -0.1) is 0 Å². The topological polar surface area (TPSA) is 53.9 Å². The maximum absolute atomic E-state index is 12.2. The van der Waals surface area contributed by atoms with Crippen LogP contribution in [0, 0.1) is 13.8 Å². The quantitative estimate of drug-likeness (QED) is 0.749. The van der Waals surface area contributed by atoms with Crippen LogP contribution in [0.3, 0.4) is 0 Å². The fraction of sp³-hybridized carbons (Fsp3) is 0.417. The number of fused-ring (bicyclic) bond motifs is 1. The lowest BCUT2D eigenvalue weighted by molar-refractivity contribution is -0.534. The van der Waals surface area contributed by atoms with Crippen molar-refractivity contribution in [3.63, 3.8) is 0 Å². The molecule has 0 aliphatic carbocycles. The Labute approximate surface area is 120 Å². The minimum Gasteiger partial charge on any atom is -0.435 e. The largest absolute Gasteiger partial charge is 0.435 e. The average Bonchev–Trinajstić information content (AvgIpc) is 2.12. The molecule has 2 rings (SSSR count). The van der Waals surface area contributed by atoms with Gasteiger partial charge in [-0.05, 0) is 31.0 Å². The number of hydrogen-bond donors (Lipinski definition) is 1. The Morgan fingerprint density at radius 2 is 1.94 bits per heavy atom. The van der Waals surface area contributed by atoms with Crippen molar-refractivity contribution in [1.82, 2.24) is 0 Å². The summed E-state index contributed by atoms with van der Waals surface area (Å²) in [4.78, 5) is 12.2. The Morgan fingerprint density at radius 1 is 1.33 bits per heavy atom. The molecule has 0 saturated heterocycles. The number of carbonyl (C=O) groups is 1. The van der Waals surface area contributed by atoms with Crippen molar-refractivity contribution < 1.29 is 15.3 Å². The van der Waals surface area contributed by atoms with Crippen LogP contribution < -0.4 is 10.5 Å². The first kappa shape index (κ1) is 13.9. The van der Waals surface area contributed by atoms with Crippen LogP contribution in [-0.2, 0) is 0 Å². The number of alkyl halides is 3. The van der Waals surface area contributed by atoms with Crippen LogP contribution in [0.2, 0.25) is 0 Å². The lowest BCUT2D eigenvalue weighted by Crippen LogP contribution is -2.83. The van der Waals surface area contributed by atoms with Crippen LogP contribution in [0.25, 0.3) is 0 Å². The SMILES string of the molecule is Cc1cc(C)c2c(c1)OC([NH3+])(C(Cl)(Cl)Cl)CC2=O. The number of aryl methyl sites for hydroxylation is 2. The van der Waals surface area contributed by atoms with Crippen molar-refractivity contribution in [3.8, 4) is 5.75 Å². The zero-order chi connectivity index (χ0) is 13.7. The molecule has 98 valence electrons. The molecular formula is C12H13Cl3NO2+. The van der Waals surface area contributed by atoms with Gasteiger partial charge in [0.2, 0.25) is 0 Å². The molecule has 1 aliphatic rings. The van der Waals surface area contributed by atoms with Gasteiger partial charge in [0.25, 0.3) is 9.52 Å². The summed E-state index contributed by atoms with van der Waals surface area (Å²) in [5.74, 6) is 0.320. The normalized spacial score (nSPS) is 23.6. The predicted octanol–water partition coefficient (Wildman–Crippen LogP) is 2.58. The fourth-order valence-corrected chi connectivity index (χ4v) is 2.44. The molecular weight excluding hydrogens is 296 g/mol. The summed E-state index contributed by atoms with van der Waals surface area (Å²) < 4.78 is 3.92. The highest BCUT2D eigenvalue weighted by atomic mass is 35.6. The molecule has 0 fully saturated rings. The number of ether oxygens (including phenoxy) is 1. The highest BCUT2D eigenvalue weighted by Gasteiger charge is 2.56. The smallest absolute Gasteiger partial charge is 0.293 e. The van der Waals surface area contributed by atoms with Gasteiger partial charge in [-0.1, -0.05) is 40.9 Å². The van der Waals surface area contributed by atoms with E-state index in [2.05, 4.69) is 5.73 Å². The van der Waals surface area contributed by atoms with Crippen LogP contribution >= 0.6 is 34.8 Å². The number of carbonyl (C=O) groups excluding carboxylic acids is 1. The third-order valence-corrected chi connectivity index (χ3v) is 4.02. The van der Waals surface area contributed by atoms with E-state index in [4.69, 9.17) is 39.5 Å². The van der Waals surface area contributed by atoms with Crippen LogP contribution in [0.4, 0.5) is 0 Å². The molecule has 1 aromatic rings. The number of Topliss-reactive ketones (excluding diaryl/α,β-unsaturated/α-hetero) is 1. The number of hydrogen-bond acceptors (Lipinski definition) is 2. The van der Waals surface area contributed by atoms with E-state index >= 15 is 0 Å². The molecule has 18 heavy (non-hydrogen) atoms. The van der Waals surface area contributed by atoms with Gasteiger partial charge in [0.15, 0.2) is 5.78 Å². The third-order valence-electron chi connectivity index (χ3n) is 2.99. The fourth-order valence-electron chi connectivity index (χ4n) is 2.12. The monoisotopic (exact) mass is 308 g/mol. The molecule has 1 heterocycles. The Morgan fingerprint density at radius 3 is 2.50 bits per heavy atom. The van der Waals surface area contributed by atoms with Crippen molar-refractivity contribution in [1.29, 1.82) is 0 Å². The highest BCUT2D eigenvalue weighted by molar-refractivity contribution is 6.68. The zero-order valence-electron chi connectivity index (χ0n) is 10.0. The molecule has 1 atom stereocenters. The average molecular weight is 310 g/mol. The zero-order valence-corrected chi connectivity index (χ0v) is 12.3. The maximum Gasteiger partial charge on any atom is 0.293 e. The first-order valence-electron chi connectivity index (χ1n) is 5.39. The standard InChI is InChI=1S/C12H12Cl3NO2/c1-6-3-7(2)10-8(17)5-11(16,12(13,14)15)18-9(10)4-6/h3-4H,5,16H2,1-2H3/p+1. The van der Waals surface area contributed by atoms with E-state index in [0.717, 1.165) is 11.1 Å². The van der Waals surface area contributed by atoms with Crippen LogP contribution in [0.1, 0.15) is 27.9 Å². The van der Waals surface area contributed by atoms with Gasteiger partial charge in [0.05, 0.1) is 5.56 Å². The summed E-state index contributed by atoms with van der Waals surface area (Å²) in [6.07, 6.45) is -0.0552. The van der Waals surface area contributed by atoms with Crippen molar-refractivity contribution >= 4 is 40.6 Å². The Balaban J connectivity index is 2.56. The van der Waals surface area contributed by atoms with Crippen LogP contribution in [-0.4, -0.2) is 15.3 Å². The summed E-state index contributed by atoms with van der Waals surface area (Å²) in [7, 11) is 0. The van der Waals surface area contributed by atoms with E-state index in [0.29, 0.717) is 11.3 Å². The molecule has 0 spiro atoms. The number of ketones is 1. The van der Waals surface area contributed by atoms with Gasteiger partial charge >= 0.3 is 0 Å². The summed E-state index contributed by atoms with van der Waals surface area (Å²) in [5, 5.41) is 0. The van der Waals surface area contributed by atoms with E-state index in [9.17, 15) is 4.79 Å². The van der Waals surface area contributed by atoms with Gasteiger partial charge in [0, 0.05) is 0 Å². The van der Waals surface area contributed by atoms with Gasteiger partial charge < -0.3 is 10.5 Å². The minimum atomic E-state index is -1.77.